The van der Waals surface area contributed by atoms with Crippen molar-refractivity contribution in [2.45, 2.75) is 64.4 Å². The number of rotatable bonds is 8. The van der Waals surface area contributed by atoms with Crippen LogP contribution < -0.4 is 5.32 Å². The van der Waals surface area contributed by atoms with Crippen LogP contribution in [0.1, 0.15) is 46.5 Å². The average molecular weight is 263 g/mol. The third-order valence-electron chi connectivity index (χ3n) is 2.59. The van der Waals surface area contributed by atoms with E-state index in [-0.39, 0.29) is 0 Å². The molecule has 4 N–H and O–H groups in total. The maximum atomic E-state index is 11.4. The van der Waals surface area contributed by atoms with Crippen molar-refractivity contribution >= 4 is 6.09 Å². The van der Waals surface area contributed by atoms with Crippen LogP contribution in [0.5, 0.6) is 0 Å². The number of amides is 1. The largest absolute Gasteiger partial charge is 0.417 e. The number of carbonyl (C=O) groups is 1. The first-order chi connectivity index (χ1) is 8.32. The summed E-state index contributed by atoms with van der Waals surface area (Å²) in [5, 5.41) is 29.4. The lowest BCUT2D eigenvalue weighted by atomic mass is 9.97. The number of ether oxygens (including phenoxy) is 1. The Balaban J connectivity index is 4.05. The Hall–Kier alpha value is -0.850. The fourth-order valence-electron chi connectivity index (χ4n) is 1.46. The predicted molar refractivity (Wildman–Crippen MR) is 66.9 cm³/mol. The summed E-state index contributed by atoms with van der Waals surface area (Å²) >= 11 is 0. The van der Waals surface area contributed by atoms with E-state index in [0.29, 0.717) is 0 Å². The number of hydrogen-bond acceptors (Lipinski definition) is 5. The lowest BCUT2D eigenvalue weighted by Crippen LogP contribution is -2.46. The van der Waals surface area contributed by atoms with Gasteiger partial charge in [0.1, 0.15) is 6.10 Å². The molecule has 0 spiro atoms. The van der Waals surface area contributed by atoms with Gasteiger partial charge >= 0.3 is 6.09 Å². The molecule has 0 bridgehead atoms. The number of unbranched alkanes of at least 4 members (excludes halogenated alkanes) is 2. The van der Waals surface area contributed by atoms with Gasteiger partial charge in [-0.05, 0) is 20.3 Å². The summed E-state index contributed by atoms with van der Waals surface area (Å²) in [6, 6.07) is 0. The molecule has 6 heteroatoms. The zero-order valence-corrected chi connectivity index (χ0v) is 11.3. The maximum absolute atomic E-state index is 11.4. The van der Waals surface area contributed by atoms with Gasteiger partial charge in [-0.25, -0.2) is 4.79 Å². The normalized spacial score (nSPS) is 15.0. The molecule has 6 nitrogen and oxygen atoms in total. The number of aliphatic hydroxyl groups is 3. The van der Waals surface area contributed by atoms with Gasteiger partial charge in [0.2, 0.25) is 6.29 Å². The third-order valence-corrected chi connectivity index (χ3v) is 2.59. The molecule has 0 aromatic carbocycles. The van der Waals surface area contributed by atoms with Crippen LogP contribution >= 0.6 is 0 Å². The summed E-state index contributed by atoms with van der Waals surface area (Å²) in [7, 11) is 0. The van der Waals surface area contributed by atoms with Gasteiger partial charge in [-0.1, -0.05) is 26.2 Å². The van der Waals surface area contributed by atoms with E-state index in [4.69, 9.17) is 10.2 Å². The molecule has 0 aliphatic heterocycles. The lowest BCUT2D eigenvalue weighted by molar-refractivity contribution is -0.138. The van der Waals surface area contributed by atoms with Gasteiger partial charge in [-0.2, -0.15) is 0 Å². The molecule has 0 radical (unpaired) electrons. The molecule has 0 aromatic rings. The Morgan fingerprint density at radius 3 is 2.44 bits per heavy atom. The summed E-state index contributed by atoms with van der Waals surface area (Å²) in [5.74, 6) is 0. The van der Waals surface area contributed by atoms with E-state index in [1.165, 1.54) is 0 Å². The Kier molecular flexibility index (Phi) is 7.90. The summed E-state index contributed by atoms with van der Waals surface area (Å²) in [6.45, 7) is 5.15. The summed E-state index contributed by atoms with van der Waals surface area (Å²) in [4.78, 5) is 11.4. The average Bonchev–Trinajstić information content (AvgIpc) is 2.26. The Bertz CT molecular complexity index is 245. The van der Waals surface area contributed by atoms with E-state index in [1.807, 2.05) is 13.8 Å². The van der Waals surface area contributed by atoms with Crippen LogP contribution in [0.3, 0.4) is 0 Å². The predicted octanol–water partition coefficient (Wildman–Crippen LogP) is 0.743. The minimum absolute atomic E-state index is 0.434. The first-order valence-corrected chi connectivity index (χ1v) is 6.28. The van der Waals surface area contributed by atoms with Crippen molar-refractivity contribution in [3.8, 4) is 0 Å². The zero-order valence-electron chi connectivity index (χ0n) is 11.3. The van der Waals surface area contributed by atoms with Gasteiger partial charge in [-0.15, -0.1) is 0 Å². The molecule has 0 aliphatic rings. The van der Waals surface area contributed by atoms with Crippen molar-refractivity contribution < 1.29 is 24.9 Å². The topological polar surface area (TPSA) is 99.0 Å². The molecule has 18 heavy (non-hydrogen) atoms. The minimum Gasteiger partial charge on any atom is -0.417 e. The molecule has 0 aromatic heterocycles. The van der Waals surface area contributed by atoms with Crippen LogP contribution in [0, 0.1) is 0 Å². The Morgan fingerprint density at radius 1 is 1.33 bits per heavy atom. The van der Waals surface area contributed by atoms with E-state index < -0.39 is 30.6 Å². The standard InChI is InChI=1S/C12H25NO5/c1-4-5-6-7-12(2,3)13-11(17)18-10(16)9(15)8-14/h9-10,14-16H,4-8H2,1-3H3,(H,13,17). The molecule has 0 saturated heterocycles. The highest BCUT2D eigenvalue weighted by Gasteiger charge is 2.24. The lowest BCUT2D eigenvalue weighted by Gasteiger charge is -2.27. The molecule has 0 rings (SSSR count). The van der Waals surface area contributed by atoms with Crippen LogP contribution in [0.25, 0.3) is 0 Å². The van der Waals surface area contributed by atoms with Crippen LogP contribution in [0.15, 0.2) is 0 Å². The van der Waals surface area contributed by atoms with Crippen LogP contribution in [-0.2, 0) is 4.74 Å². The molecule has 0 heterocycles. The number of alkyl carbamates (subject to hydrolysis) is 1. The second-order valence-electron chi connectivity index (χ2n) is 5.01. The van der Waals surface area contributed by atoms with Gasteiger partial charge in [0, 0.05) is 5.54 Å². The number of hydrogen-bond donors (Lipinski definition) is 4. The molecule has 1 amide bonds. The minimum atomic E-state index is -1.72. The first kappa shape index (κ1) is 17.2. The highest BCUT2D eigenvalue weighted by atomic mass is 16.7. The van der Waals surface area contributed by atoms with Crippen LogP contribution in [-0.4, -0.2) is 46.0 Å². The fraction of sp³-hybridized carbons (Fsp3) is 0.917. The Morgan fingerprint density at radius 2 is 1.94 bits per heavy atom. The van der Waals surface area contributed by atoms with Crippen molar-refractivity contribution in [2.75, 3.05) is 6.61 Å². The molecule has 0 fully saturated rings. The van der Waals surface area contributed by atoms with E-state index in [2.05, 4.69) is 17.0 Å². The second kappa shape index (κ2) is 8.29. The van der Waals surface area contributed by atoms with E-state index in [9.17, 15) is 9.90 Å². The molecular formula is C12H25NO5. The van der Waals surface area contributed by atoms with Crippen LogP contribution in [0.4, 0.5) is 4.79 Å². The van der Waals surface area contributed by atoms with Gasteiger partial charge in [0.25, 0.3) is 0 Å². The van der Waals surface area contributed by atoms with Crippen molar-refractivity contribution in [3.05, 3.63) is 0 Å². The smallest absolute Gasteiger partial charge is 0.409 e. The number of nitrogens with one attached hydrogen (secondary N) is 1. The number of carbonyl (C=O) groups excluding carboxylic acids is 1. The van der Waals surface area contributed by atoms with Gasteiger partial charge < -0.3 is 25.4 Å². The molecule has 0 aliphatic carbocycles. The number of aliphatic hydroxyl groups excluding tert-OH is 3. The highest BCUT2D eigenvalue weighted by Crippen LogP contribution is 2.14. The fourth-order valence-corrected chi connectivity index (χ4v) is 1.46. The first-order valence-electron chi connectivity index (χ1n) is 6.28. The van der Waals surface area contributed by atoms with Crippen molar-refractivity contribution in [2.24, 2.45) is 0 Å². The highest BCUT2D eigenvalue weighted by molar-refractivity contribution is 5.68. The SMILES string of the molecule is CCCCCC(C)(C)NC(=O)OC(O)C(O)CO. The quantitative estimate of drug-likeness (QED) is 0.382. The third kappa shape index (κ3) is 7.47. The maximum Gasteiger partial charge on any atom is 0.409 e. The van der Waals surface area contributed by atoms with Gasteiger partial charge in [-0.3, -0.25) is 0 Å². The molecule has 2 unspecified atom stereocenters. The van der Waals surface area contributed by atoms with Crippen molar-refractivity contribution in [3.63, 3.8) is 0 Å². The molecular weight excluding hydrogens is 238 g/mol. The van der Waals surface area contributed by atoms with Gasteiger partial charge in [0.15, 0.2) is 0 Å². The summed E-state index contributed by atoms with van der Waals surface area (Å²) in [6.07, 6.45) is -0.0365. The Labute approximate surface area is 108 Å². The van der Waals surface area contributed by atoms with E-state index in [1.54, 1.807) is 0 Å². The van der Waals surface area contributed by atoms with E-state index in [0.717, 1.165) is 25.7 Å². The monoisotopic (exact) mass is 263 g/mol. The van der Waals surface area contributed by atoms with Crippen LogP contribution in [0.2, 0.25) is 0 Å². The molecule has 0 saturated carbocycles. The molecule has 2 atom stereocenters. The van der Waals surface area contributed by atoms with E-state index >= 15 is 0 Å². The second-order valence-corrected chi connectivity index (χ2v) is 5.01. The van der Waals surface area contributed by atoms with Crippen molar-refractivity contribution in [1.29, 1.82) is 0 Å². The molecule has 108 valence electrons. The van der Waals surface area contributed by atoms with Crippen molar-refractivity contribution in [1.82, 2.24) is 5.32 Å². The summed E-state index contributed by atoms with van der Waals surface area (Å²) < 4.78 is 4.54. The zero-order chi connectivity index (χ0) is 14.2. The van der Waals surface area contributed by atoms with Gasteiger partial charge in [0.05, 0.1) is 6.61 Å². The summed E-state index contributed by atoms with van der Waals surface area (Å²) in [5.41, 5.74) is -0.434.